The predicted molar refractivity (Wildman–Crippen MR) is 125 cm³/mol. The topological polar surface area (TPSA) is 73.3 Å². The highest BCUT2D eigenvalue weighted by atomic mass is 16.5. The van der Waals surface area contributed by atoms with E-state index >= 15 is 0 Å². The first-order valence-corrected chi connectivity index (χ1v) is 11.8. The van der Waals surface area contributed by atoms with E-state index < -0.39 is 0 Å². The molecule has 0 bridgehead atoms. The second kappa shape index (κ2) is 11.6. The van der Waals surface area contributed by atoms with E-state index in [0.717, 1.165) is 42.6 Å². The Morgan fingerprint density at radius 3 is 2.31 bits per heavy atom. The Balaban J connectivity index is 1.80. The quantitative estimate of drug-likeness (QED) is 0.418. The minimum atomic E-state index is -0.209. The summed E-state index contributed by atoms with van der Waals surface area (Å²) in [6.45, 7) is 11.4. The first-order chi connectivity index (χ1) is 15.5. The van der Waals surface area contributed by atoms with Gasteiger partial charge in [0.1, 0.15) is 5.70 Å². The highest BCUT2D eigenvalue weighted by molar-refractivity contribution is 6.35. The number of hydrogen-bond acceptors (Lipinski definition) is 6. The van der Waals surface area contributed by atoms with Crippen LogP contribution in [0.15, 0.2) is 23.9 Å². The second-order valence-corrected chi connectivity index (χ2v) is 8.66. The van der Waals surface area contributed by atoms with Gasteiger partial charge in [-0.1, -0.05) is 31.5 Å². The zero-order chi connectivity index (χ0) is 23.1. The molecule has 0 saturated carbocycles. The molecule has 2 aliphatic heterocycles. The molecule has 1 N–H and O–H groups in total. The van der Waals surface area contributed by atoms with Crippen LogP contribution in [-0.2, 0) is 14.3 Å². The summed E-state index contributed by atoms with van der Waals surface area (Å²) in [5.41, 5.74) is 4.10. The summed E-state index contributed by atoms with van der Waals surface area (Å²) in [7, 11) is 0. The highest BCUT2D eigenvalue weighted by Gasteiger charge is 2.41. The maximum absolute atomic E-state index is 13.4. The average Bonchev–Trinajstić information content (AvgIpc) is 3.03. The zero-order valence-corrected chi connectivity index (χ0v) is 19.7. The van der Waals surface area contributed by atoms with E-state index in [-0.39, 0.29) is 18.4 Å². The minimum Gasteiger partial charge on any atom is -0.395 e. The summed E-state index contributed by atoms with van der Waals surface area (Å²) >= 11 is 0. The Kier molecular flexibility index (Phi) is 8.84. The van der Waals surface area contributed by atoms with E-state index in [9.17, 15) is 14.7 Å². The maximum atomic E-state index is 13.4. The number of hydrogen-bond donors (Lipinski definition) is 1. The van der Waals surface area contributed by atoms with Crippen molar-refractivity contribution in [3.8, 4) is 0 Å². The van der Waals surface area contributed by atoms with Gasteiger partial charge in [0.15, 0.2) is 0 Å². The summed E-state index contributed by atoms with van der Waals surface area (Å²) in [5, 5.41) is 9.22. The molecule has 1 aromatic carbocycles. The number of aliphatic hydroxyl groups excluding tert-OH is 1. The third-order valence-corrected chi connectivity index (χ3v) is 6.36. The Morgan fingerprint density at radius 2 is 1.66 bits per heavy atom. The van der Waals surface area contributed by atoms with Gasteiger partial charge in [0.25, 0.3) is 11.8 Å². The standard InChI is InChI=1S/C25H37N3O4/c1-4-5-16-32-17-6-9-28-24(30)22(21-8-7-19(2)20(3)18-21)23(25(28)31)27-12-10-26(11-13-27)14-15-29/h7-8,18,29H,4-6,9-17H2,1-3H3. The molecular weight excluding hydrogens is 406 g/mol. The molecule has 1 saturated heterocycles. The number of aliphatic hydroxyl groups is 1. The first kappa shape index (κ1) is 24.4. The monoisotopic (exact) mass is 443 g/mol. The maximum Gasteiger partial charge on any atom is 0.277 e. The number of carbonyl (C=O) groups excluding carboxylic acids is 2. The number of carbonyl (C=O) groups is 2. The van der Waals surface area contributed by atoms with Gasteiger partial charge in [0.2, 0.25) is 0 Å². The zero-order valence-electron chi connectivity index (χ0n) is 19.7. The number of β-amino-alcohol motifs (C(OH)–C–C–N with tert-alkyl or cyclic N) is 1. The third-order valence-electron chi connectivity index (χ3n) is 6.36. The van der Waals surface area contributed by atoms with Crippen molar-refractivity contribution in [1.29, 1.82) is 0 Å². The largest absolute Gasteiger partial charge is 0.395 e. The Morgan fingerprint density at radius 1 is 0.938 bits per heavy atom. The number of nitrogens with zero attached hydrogens (tertiary/aromatic N) is 3. The van der Waals surface area contributed by atoms with Gasteiger partial charge in [-0.25, -0.2) is 0 Å². The number of rotatable bonds is 11. The lowest BCUT2D eigenvalue weighted by atomic mass is 9.99. The van der Waals surface area contributed by atoms with Crippen LogP contribution >= 0.6 is 0 Å². The number of aryl methyl sites for hydroxylation is 2. The van der Waals surface area contributed by atoms with Gasteiger partial charge in [-0.3, -0.25) is 19.4 Å². The smallest absolute Gasteiger partial charge is 0.277 e. The number of amides is 2. The van der Waals surface area contributed by atoms with E-state index in [1.807, 2.05) is 32.0 Å². The second-order valence-electron chi connectivity index (χ2n) is 8.66. The van der Waals surface area contributed by atoms with Crippen LogP contribution in [0.3, 0.4) is 0 Å². The van der Waals surface area contributed by atoms with Crippen LogP contribution in [-0.4, -0.2) is 90.7 Å². The summed E-state index contributed by atoms with van der Waals surface area (Å²) in [6, 6.07) is 5.97. The fourth-order valence-electron chi connectivity index (χ4n) is 4.23. The van der Waals surface area contributed by atoms with Crippen LogP contribution in [0.25, 0.3) is 5.57 Å². The van der Waals surface area contributed by atoms with Gasteiger partial charge in [-0.05, 0) is 43.4 Å². The van der Waals surface area contributed by atoms with E-state index in [4.69, 9.17) is 4.74 Å². The molecule has 7 nitrogen and oxygen atoms in total. The lowest BCUT2D eigenvalue weighted by Gasteiger charge is -2.36. The molecule has 2 heterocycles. The Hall–Kier alpha value is -2.22. The molecule has 0 aliphatic carbocycles. The SMILES string of the molecule is CCCCOCCCN1C(=O)C(c2ccc(C)c(C)c2)=C(N2CCN(CCO)CC2)C1=O. The molecule has 0 spiro atoms. The number of unbranched alkanes of at least 4 members (excludes halogenated alkanes) is 1. The fraction of sp³-hybridized carbons (Fsp3) is 0.600. The number of piperazine rings is 1. The molecule has 0 atom stereocenters. The van der Waals surface area contributed by atoms with Crippen LogP contribution < -0.4 is 0 Å². The fourth-order valence-corrected chi connectivity index (χ4v) is 4.23. The predicted octanol–water partition coefficient (Wildman–Crippen LogP) is 2.20. The van der Waals surface area contributed by atoms with Gasteiger partial charge < -0.3 is 14.7 Å². The van der Waals surface area contributed by atoms with Crippen LogP contribution in [0.5, 0.6) is 0 Å². The molecule has 2 aliphatic rings. The third kappa shape index (κ3) is 5.57. The van der Waals surface area contributed by atoms with Crippen LogP contribution in [0, 0.1) is 13.8 Å². The summed E-state index contributed by atoms with van der Waals surface area (Å²) < 4.78 is 5.62. The number of imide groups is 1. The Labute approximate surface area is 191 Å². The van der Waals surface area contributed by atoms with Gasteiger partial charge in [0.05, 0.1) is 12.2 Å². The molecule has 1 aromatic rings. The van der Waals surface area contributed by atoms with Crippen molar-refractivity contribution in [3.63, 3.8) is 0 Å². The van der Waals surface area contributed by atoms with Crippen molar-refractivity contribution >= 4 is 17.4 Å². The van der Waals surface area contributed by atoms with Crippen molar-refractivity contribution in [2.75, 3.05) is 59.1 Å². The molecule has 32 heavy (non-hydrogen) atoms. The molecule has 2 amide bonds. The molecule has 0 aromatic heterocycles. The molecule has 176 valence electrons. The minimum absolute atomic E-state index is 0.127. The average molecular weight is 444 g/mol. The van der Waals surface area contributed by atoms with Crippen LogP contribution in [0.2, 0.25) is 0 Å². The van der Waals surface area contributed by atoms with E-state index in [2.05, 4.69) is 16.7 Å². The first-order valence-electron chi connectivity index (χ1n) is 11.8. The lowest BCUT2D eigenvalue weighted by molar-refractivity contribution is -0.137. The summed E-state index contributed by atoms with van der Waals surface area (Å²) in [5.74, 6) is -0.410. The van der Waals surface area contributed by atoms with Crippen LogP contribution in [0.1, 0.15) is 42.9 Å². The molecule has 0 unspecified atom stereocenters. The van der Waals surface area contributed by atoms with Gasteiger partial charge in [-0.15, -0.1) is 0 Å². The molecule has 7 heteroatoms. The van der Waals surface area contributed by atoms with Crippen molar-refractivity contribution in [2.24, 2.45) is 0 Å². The van der Waals surface area contributed by atoms with Crippen molar-refractivity contribution < 1.29 is 19.4 Å². The van der Waals surface area contributed by atoms with Crippen molar-refractivity contribution in [1.82, 2.24) is 14.7 Å². The number of ether oxygens (including phenoxy) is 1. The van der Waals surface area contributed by atoms with Gasteiger partial charge in [0, 0.05) is 52.5 Å². The van der Waals surface area contributed by atoms with E-state index in [0.29, 0.717) is 57.1 Å². The number of benzene rings is 1. The summed E-state index contributed by atoms with van der Waals surface area (Å²) in [4.78, 5) is 32.5. The lowest BCUT2D eigenvalue weighted by Crippen LogP contribution is -2.48. The normalized spacial score (nSPS) is 17.8. The van der Waals surface area contributed by atoms with Crippen LogP contribution in [0.4, 0.5) is 0 Å². The Bertz CT molecular complexity index is 844. The van der Waals surface area contributed by atoms with Crippen molar-refractivity contribution in [2.45, 2.75) is 40.0 Å². The highest BCUT2D eigenvalue weighted by Crippen LogP contribution is 2.33. The molecule has 1 fully saturated rings. The molecule has 0 radical (unpaired) electrons. The van der Waals surface area contributed by atoms with Crippen molar-refractivity contribution in [3.05, 3.63) is 40.6 Å². The van der Waals surface area contributed by atoms with E-state index in [1.165, 1.54) is 4.90 Å². The van der Waals surface area contributed by atoms with Gasteiger partial charge >= 0.3 is 0 Å². The van der Waals surface area contributed by atoms with Gasteiger partial charge in [-0.2, -0.15) is 0 Å². The van der Waals surface area contributed by atoms with E-state index in [1.54, 1.807) is 0 Å². The summed E-state index contributed by atoms with van der Waals surface area (Å²) in [6.07, 6.45) is 2.74. The molecule has 3 rings (SSSR count). The molecular formula is C25H37N3O4.